The summed E-state index contributed by atoms with van der Waals surface area (Å²) < 4.78 is 4.24. The van der Waals surface area contributed by atoms with Crippen molar-refractivity contribution in [3.05, 3.63) is 81.2 Å². The second kappa shape index (κ2) is 8.37. The third-order valence-electron chi connectivity index (χ3n) is 7.09. The molecule has 1 amide bonds. The van der Waals surface area contributed by atoms with Crippen molar-refractivity contribution in [3.63, 3.8) is 0 Å². The molecule has 5 rings (SSSR count). The Morgan fingerprint density at radius 2 is 1.41 bits per heavy atom. The number of carbonyl (C=O) groups is 1. The summed E-state index contributed by atoms with van der Waals surface area (Å²) in [5.41, 5.74) is 2.51. The van der Waals surface area contributed by atoms with E-state index in [2.05, 4.69) is 20.8 Å². The van der Waals surface area contributed by atoms with Crippen LogP contribution >= 0.6 is 15.9 Å². The molecule has 6 nitrogen and oxygen atoms in total. The highest BCUT2D eigenvalue weighted by atomic mass is 79.9. The largest absolute Gasteiger partial charge is 0.312 e. The summed E-state index contributed by atoms with van der Waals surface area (Å²) in [7, 11) is 1.93. The van der Waals surface area contributed by atoms with Crippen LogP contribution in [0.2, 0.25) is 0 Å². The van der Waals surface area contributed by atoms with Gasteiger partial charge in [-0.2, -0.15) is 0 Å². The Morgan fingerprint density at radius 3 is 2.03 bits per heavy atom. The number of carbonyl (C=O) groups excluding carboxylic acids is 1. The van der Waals surface area contributed by atoms with Gasteiger partial charge in [0.25, 0.3) is 5.56 Å². The average molecular weight is 495 g/mol. The maximum atomic E-state index is 13.3. The first kappa shape index (κ1) is 21.2. The van der Waals surface area contributed by atoms with Gasteiger partial charge in [0.05, 0.1) is 16.8 Å². The third-order valence-corrected chi connectivity index (χ3v) is 7.89. The smallest absolute Gasteiger partial charge is 0.286 e. The summed E-state index contributed by atoms with van der Waals surface area (Å²) in [5.74, 6) is 0.271. The Morgan fingerprint density at radius 1 is 0.844 bits per heavy atom. The number of amides is 1. The molecule has 3 heterocycles. The number of likely N-dealkylation sites (tertiary alicyclic amines) is 1. The summed E-state index contributed by atoms with van der Waals surface area (Å²) in [4.78, 5) is 30.5. The number of hydrogen-bond acceptors (Lipinski definition) is 3. The van der Waals surface area contributed by atoms with Crippen LogP contribution in [0.15, 0.2) is 69.9 Å². The molecule has 0 saturated carbocycles. The van der Waals surface area contributed by atoms with Gasteiger partial charge in [-0.05, 0) is 72.5 Å². The molecule has 2 aromatic carbocycles. The zero-order chi connectivity index (χ0) is 22.3. The van der Waals surface area contributed by atoms with Crippen molar-refractivity contribution >= 4 is 27.5 Å². The van der Waals surface area contributed by atoms with Crippen molar-refractivity contribution < 1.29 is 4.79 Å². The summed E-state index contributed by atoms with van der Waals surface area (Å²) in [6, 6.07) is 19.7. The molecule has 0 aliphatic carbocycles. The topological polar surface area (TPSA) is 50.5 Å². The van der Waals surface area contributed by atoms with Crippen LogP contribution in [0.3, 0.4) is 0 Å². The molecule has 2 saturated heterocycles. The molecule has 0 unspecified atom stereocenters. The molecule has 2 fully saturated rings. The molecule has 3 aromatic rings. The number of aromatic nitrogens is 2. The first-order valence-corrected chi connectivity index (χ1v) is 11.9. The lowest BCUT2D eigenvalue weighted by atomic mass is 9.77. The van der Waals surface area contributed by atoms with Crippen LogP contribution < -0.4 is 10.5 Å². The first-order chi connectivity index (χ1) is 15.5. The fraction of sp³-hybridized carbons (Fsp3) is 0.360. The number of benzene rings is 2. The maximum Gasteiger partial charge on any atom is 0.286 e. The van der Waals surface area contributed by atoms with E-state index in [1.54, 1.807) is 4.68 Å². The van der Waals surface area contributed by atoms with E-state index in [9.17, 15) is 9.59 Å². The highest BCUT2D eigenvalue weighted by Crippen LogP contribution is 2.43. The SMILES string of the molecule is Cn1c(CN2CCC3(CC2)CCN(c2ccccc2)C3=O)c(Br)c(=O)n1-c1ccccc1. The number of piperidine rings is 1. The minimum atomic E-state index is -0.245. The number of hydrogen-bond donors (Lipinski definition) is 0. The van der Waals surface area contributed by atoms with E-state index in [-0.39, 0.29) is 16.9 Å². The van der Waals surface area contributed by atoms with Crippen LogP contribution in [0.1, 0.15) is 25.0 Å². The molecule has 32 heavy (non-hydrogen) atoms. The second-order valence-corrected chi connectivity index (χ2v) is 9.63. The van der Waals surface area contributed by atoms with E-state index < -0.39 is 0 Å². The number of rotatable bonds is 4. The zero-order valence-corrected chi connectivity index (χ0v) is 19.8. The van der Waals surface area contributed by atoms with Crippen LogP contribution in [0.4, 0.5) is 5.69 Å². The molecule has 1 aromatic heterocycles. The highest BCUT2D eigenvalue weighted by molar-refractivity contribution is 9.10. The van der Waals surface area contributed by atoms with E-state index >= 15 is 0 Å². The van der Waals surface area contributed by atoms with Gasteiger partial charge in [-0.25, -0.2) is 4.68 Å². The zero-order valence-electron chi connectivity index (χ0n) is 18.2. The molecule has 0 radical (unpaired) electrons. The molecule has 0 N–H and O–H groups in total. The quantitative estimate of drug-likeness (QED) is 0.551. The van der Waals surface area contributed by atoms with Crippen LogP contribution in [0.5, 0.6) is 0 Å². The second-order valence-electron chi connectivity index (χ2n) is 8.84. The fourth-order valence-corrected chi connectivity index (χ4v) is 5.69. The van der Waals surface area contributed by atoms with Crippen molar-refractivity contribution in [2.24, 2.45) is 12.5 Å². The van der Waals surface area contributed by atoms with Gasteiger partial charge in [0, 0.05) is 25.8 Å². The van der Waals surface area contributed by atoms with Gasteiger partial charge in [-0.1, -0.05) is 36.4 Å². The lowest BCUT2D eigenvalue weighted by Gasteiger charge is -2.38. The molecule has 2 aliphatic rings. The normalized spacial score (nSPS) is 18.6. The summed E-state index contributed by atoms with van der Waals surface area (Å²) >= 11 is 3.54. The highest BCUT2D eigenvalue weighted by Gasteiger charge is 2.48. The predicted octanol–water partition coefficient (Wildman–Crippen LogP) is 3.96. The fourth-order valence-electron chi connectivity index (χ4n) is 5.14. The molecule has 0 atom stereocenters. The number of nitrogens with zero attached hydrogens (tertiary/aromatic N) is 4. The van der Waals surface area contributed by atoms with Gasteiger partial charge in [0.2, 0.25) is 5.91 Å². The van der Waals surface area contributed by atoms with Gasteiger partial charge in [0.15, 0.2) is 0 Å². The van der Waals surface area contributed by atoms with E-state index in [1.165, 1.54) is 0 Å². The van der Waals surface area contributed by atoms with E-state index in [0.29, 0.717) is 11.0 Å². The number of anilines is 1. The molecule has 0 bridgehead atoms. The standard InChI is InChI=1S/C25H27BrN4O2/c1-27-21(22(26)23(31)30(27)20-10-6-3-7-11-20)18-28-15-12-25(13-16-28)14-17-29(24(25)32)19-8-4-2-5-9-19/h2-11H,12-18H2,1H3. The van der Waals surface area contributed by atoms with Gasteiger partial charge in [-0.15, -0.1) is 0 Å². The Kier molecular flexibility index (Phi) is 5.55. The van der Waals surface area contributed by atoms with E-state index in [1.807, 2.05) is 77.3 Å². The van der Waals surface area contributed by atoms with Crippen molar-refractivity contribution in [3.8, 4) is 5.69 Å². The van der Waals surface area contributed by atoms with Crippen molar-refractivity contribution in [2.45, 2.75) is 25.8 Å². The van der Waals surface area contributed by atoms with E-state index in [4.69, 9.17) is 0 Å². The number of halogens is 1. The minimum Gasteiger partial charge on any atom is -0.312 e. The Balaban J connectivity index is 1.30. The lowest BCUT2D eigenvalue weighted by molar-refractivity contribution is -0.128. The van der Waals surface area contributed by atoms with Gasteiger partial charge in [-0.3, -0.25) is 19.2 Å². The third kappa shape index (κ3) is 3.53. The summed E-state index contributed by atoms with van der Waals surface area (Å²) in [6.07, 6.45) is 2.64. The van der Waals surface area contributed by atoms with Crippen LogP contribution in [0.25, 0.3) is 5.69 Å². The van der Waals surface area contributed by atoms with Crippen LogP contribution in [0, 0.1) is 5.41 Å². The van der Waals surface area contributed by atoms with Gasteiger partial charge in [0.1, 0.15) is 4.47 Å². The molecule has 7 heteroatoms. The van der Waals surface area contributed by atoms with Gasteiger partial charge < -0.3 is 4.90 Å². The Hall–Kier alpha value is -2.64. The van der Waals surface area contributed by atoms with Crippen LogP contribution in [-0.2, 0) is 18.4 Å². The van der Waals surface area contributed by atoms with E-state index in [0.717, 1.165) is 56.0 Å². The molecule has 1 spiro atoms. The number of para-hydroxylation sites is 2. The van der Waals surface area contributed by atoms with Crippen molar-refractivity contribution in [1.82, 2.24) is 14.3 Å². The van der Waals surface area contributed by atoms with Crippen molar-refractivity contribution in [2.75, 3.05) is 24.5 Å². The maximum absolute atomic E-state index is 13.3. The Labute approximate surface area is 196 Å². The monoisotopic (exact) mass is 494 g/mol. The van der Waals surface area contributed by atoms with Gasteiger partial charge >= 0.3 is 0 Å². The Bertz CT molecular complexity index is 1180. The van der Waals surface area contributed by atoms with Crippen molar-refractivity contribution in [1.29, 1.82) is 0 Å². The predicted molar refractivity (Wildman–Crippen MR) is 129 cm³/mol. The molecular weight excluding hydrogens is 468 g/mol. The lowest BCUT2D eigenvalue weighted by Crippen LogP contribution is -2.44. The minimum absolute atomic E-state index is 0.0494. The molecule has 166 valence electrons. The summed E-state index contributed by atoms with van der Waals surface area (Å²) in [6.45, 7) is 3.18. The molecular formula is C25H27BrN4O2. The first-order valence-electron chi connectivity index (χ1n) is 11.1. The summed E-state index contributed by atoms with van der Waals surface area (Å²) in [5, 5.41) is 0. The molecule has 2 aliphatic heterocycles. The average Bonchev–Trinajstić information content (AvgIpc) is 3.25. The van der Waals surface area contributed by atoms with Crippen LogP contribution in [-0.4, -0.2) is 39.8 Å².